The maximum absolute atomic E-state index is 12.4. The Balaban J connectivity index is 1.68. The number of rotatable bonds is 4. The first-order valence-electron chi connectivity index (χ1n) is 8.09. The molecule has 0 bridgehead atoms. The number of carbonyl (C=O) groups excluding carboxylic acids is 2. The molecule has 0 unspecified atom stereocenters. The van der Waals surface area contributed by atoms with Gasteiger partial charge in [0, 0.05) is 17.7 Å². The molecule has 0 saturated carbocycles. The molecule has 2 N–H and O–H groups in total. The third-order valence-electron chi connectivity index (χ3n) is 4.24. The quantitative estimate of drug-likeness (QED) is 0.883. The second kappa shape index (κ2) is 6.47. The smallest absolute Gasteiger partial charge is 0.243 e. The van der Waals surface area contributed by atoms with Gasteiger partial charge in [0.1, 0.15) is 6.04 Å². The van der Waals surface area contributed by atoms with E-state index in [9.17, 15) is 9.59 Å². The Morgan fingerprint density at radius 3 is 2.92 bits per heavy atom. The lowest BCUT2D eigenvalue weighted by atomic mass is 10.1. The van der Waals surface area contributed by atoms with E-state index in [1.165, 1.54) is 11.8 Å². The van der Waals surface area contributed by atoms with Crippen LogP contribution in [0.2, 0.25) is 0 Å². The molecular weight excluding hydrogens is 324 g/mol. The molecule has 24 heavy (non-hydrogen) atoms. The summed E-state index contributed by atoms with van der Waals surface area (Å²) < 4.78 is 1.45. The first-order valence-corrected chi connectivity index (χ1v) is 9.08. The van der Waals surface area contributed by atoms with Crippen molar-refractivity contribution < 1.29 is 9.59 Å². The largest absolute Gasteiger partial charge is 0.349 e. The average molecular weight is 346 g/mol. The summed E-state index contributed by atoms with van der Waals surface area (Å²) in [5.41, 5.74) is 1.91. The number of hydrogen-bond acceptors (Lipinski definition) is 4. The molecule has 6 nitrogen and oxygen atoms in total. The molecule has 0 aliphatic carbocycles. The van der Waals surface area contributed by atoms with Crippen molar-refractivity contribution in [3.63, 3.8) is 0 Å². The Morgan fingerprint density at radius 2 is 2.21 bits per heavy atom. The molecule has 1 fully saturated rings. The number of carbonyl (C=O) groups is 2. The number of hydrogen-bond donors (Lipinski definition) is 2. The van der Waals surface area contributed by atoms with E-state index in [0.29, 0.717) is 12.3 Å². The molecule has 1 atom stereocenters. The summed E-state index contributed by atoms with van der Waals surface area (Å²) in [5, 5.41) is 11.3. The Labute approximate surface area is 145 Å². The fourth-order valence-corrected chi connectivity index (χ4v) is 3.74. The number of nitrogens with zero attached hydrogens (tertiary/aromatic N) is 2. The average Bonchev–Trinajstić information content (AvgIpc) is 2.93. The minimum atomic E-state index is -0.491. The van der Waals surface area contributed by atoms with Crippen LogP contribution in [0.3, 0.4) is 0 Å². The number of para-hydroxylation sites is 1. The van der Waals surface area contributed by atoms with E-state index >= 15 is 0 Å². The van der Waals surface area contributed by atoms with E-state index < -0.39 is 10.8 Å². The van der Waals surface area contributed by atoms with E-state index in [-0.39, 0.29) is 11.8 Å². The van der Waals surface area contributed by atoms with Crippen molar-refractivity contribution in [3.05, 3.63) is 30.0 Å². The summed E-state index contributed by atoms with van der Waals surface area (Å²) in [5.74, 6) is 0.315. The van der Waals surface area contributed by atoms with Crippen molar-refractivity contribution >= 4 is 34.5 Å². The molecule has 1 saturated heterocycles. The van der Waals surface area contributed by atoms with Crippen LogP contribution >= 0.6 is 11.8 Å². The molecule has 2 aromatic rings. The fraction of sp³-hybridized carbons (Fsp3) is 0.471. The molecule has 1 aliphatic rings. The second-order valence-electron chi connectivity index (χ2n) is 6.34. The number of aryl methyl sites for hydroxylation is 1. The van der Waals surface area contributed by atoms with Gasteiger partial charge in [-0.2, -0.15) is 5.10 Å². The summed E-state index contributed by atoms with van der Waals surface area (Å²) in [4.78, 5) is 24.4. The fourth-order valence-electron chi connectivity index (χ4n) is 2.73. The van der Waals surface area contributed by atoms with Crippen LogP contribution in [0, 0.1) is 0 Å². The van der Waals surface area contributed by atoms with Gasteiger partial charge < -0.3 is 10.6 Å². The minimum Gasteiger partial charge on any atom is -0.349 e. The predicted molar refractivity (Wildman–Crippen MR) is 95.7 cm³/mol. The zero-order chi connectivity index (χ0) is 17.3. The van der Waals surface area contributed by atoms with Crippen LogP contribution in [0.4, 0.5) is 0 Å². The van der Waals surface area contributed by atoms with Crippen LogP contribution in [0.1, 0.15) is 26.5 Å². The Morgan fingerprint density at radius 1 is 1.46 bits per heavy atom. The van der Waals surface area contributed by atoms with Crippen LogP contribution in [-0.2, 0) is 22.7 Å². The summed E-state index contributed by atoms with van der Waals surface area (Å²) in [7, 11) is 0. The number of amides is 2. The van der Waals surface area contributed by atoms with Crippen LogP contribution in [0.5, 0.6) is 0 Å². The van der Waals surface area contributed by atoms with Gasteiger partial charge in [0.05, 0.1) is 22.5 Å². The third-order valence-corrected chi connectivity index (χ3v) is 5.65. The van der Waals surface area contributed by atoms with E-state index in [1.807, 2.05) is 49.7 Å². The molecule has 1 aromatic carbocycles. The Hall–Kier alpha value is -2.02. The predicted octanol–water partition coefficient (Wildman–Crippen LogP) is 1.68. The van der Waals surface area contributed by atoms with Crippen LogP contribution < -0.4 is 10.6 Å². The van der Waals surface area contributed by atoms with E-state index in [4.69, 9.17) is 0 Å². The second-order valence-corrected chi connectivity index (χ2v) is 7.99. The SMILES string of the molecule is CCn1nc(CNC(=O)[C@H]2CSC(C)(C)C(=O)N2)c2ccccc21. The number of fused-ring (bicyclic) bond motifs is 1. The standard InChI is InChI=1S/C17H22N4O2S/c1-4-21-14-8-6-5-7-11(14)12(20-21)9-18-15(22)13-10-24-17(2,3)16(23)19-13/h5-8,13H,4,9-10H2,1-3H3,(H,18,22)(H,19,23)/t13-/m1/s1. The highest BCUT2D eigenvalue weighted by molar-refractivity contribution is 8.01. The Bertz CT molecular complexity index is 784. The first-order chi connectivity index (χ1) is 11.4. The van der Waals surface area contributed by atoms with Gasteiger partial charge in [-0.1, -0.05) is 18.2 Å². The number of aromatic nitrogens is 2. The molecule has 7 heteroatoms. The highest BCUT2D eigenvalue weighted by atomic mass is 32.2. The summed E-state index contributed by atoms with van der Waals surface area (Å²) in [6.45, 7) is 6.90. The maximum Gasteiger partial charge on any atom is 0.243 e. The van der Waals surface area contributed by atoms with Crippen LogP contribution in [0.25, 0.3) is 10.9 Å². The highest BCUT2D eigenvalue weighted by Gasteiger charge is 2.37. The van der Waals surface area contributed by atoms with E-state index in [0.717, 1.165) is 23.1 Å². The lowest BCUT2D eigenvalue weighted by Crippen LogP contribution is -2.57. The van der Waals surface area contributed by atoms with Gasteiger partial charge in [0.2, 0.25) is 11.8 Å². The lowest BCUT2D eigenvalue weighted by molar-refractivity contribution is -0.129. The van der Waals surface area contributed by atoms with Crippen molar-refractivity contribution in [1.82, 2.24) is 20.4 Å². The van der Waals surface area contributed by atoms with Gasteiger partial charge in [-0.3, -0.25) is 14.3 Å². The van der Waals surface area contributed by atoms with Gasteiger partial charge in [-0.15, -0.1) is 11.8 Å². The molecule has 0 radical (unpaired) electrons. The van der Waals surface area contributed by atoms with Crippen molar-refractivity contribution in [3.8, 4) is 0 Å². The molecule has 1 aliphatic heterocycles. The molecule has 0 spiro atoms. The molecular formula is C17H22N4O2S. The van der Waals surface area contributed by atoms with Crippen LogP contribution in [0.15, 0.2) is 24.3 Å². The number of nitrogens with one attached hydrogen (secondary N) is 2. The van der Waals surface area contributed by atoms with Crippen molar-refractivity contribution in [2.75, 3.05) is 5.75 Å². The normalized spacial score (nSPS) is 20.0. The third kappa shape index (κ3) is 3.13. The zero-order valence-electron chi connectivity index (χ0n) is 14.1. The minimum absolute atomic E-state index is 0.0976. The van der Waals surface area contributed by atoms with Crippen molar-refractivity contribution in [2.45, 2.75) is 44.6 Å². The molecule has 2 heterocycles. The van der Waals surface area contributed by atoms with Gasteiger partial charge in [-0.25, -0.2) is 0 Å². The van der Waals surface area contributed by atoms with Crippen LogP contribution in [-0.4, -0.2) is 38.1 Å². The first kappa shape index (κ1) is 16.8. The topological polar surface area (TPSA) is 76.0 Å². The molecule has 2 amide bonds. The molecule has 1 aromatic heterocycles. The van der Waals surface area contributed by atoms with Gasteiger partial charge in [0.15, 0.2) is 0 Å². The molecule has 128 valence electrons. The maximum atomic E-state index is 12.4. The summed E-state index contributed by atoms with van der Waals surface area (Å²) in [6.07, 6.45) is 0. The van der Waals surface area contributed by atoms with Gasteiger partial charge in [0.25, 0.3) is 0 Å². The monoisotopic (exact) mass is 346 g/mol. The van der Waals surface area contributed by atoms with Crippen molar-refractivity contribution in [2.24, 2.45) is 0 Å². The summed E-state index contributed by atoms with van der Waals surface area (Å²) >= 11 is 1.50. The van der Waals surface area contributed by atoms with Gasteiger partial charge in [-0.05, 0) is 26.8 Å². The lowest BCUT2D eigenvalue weighted by Gasteiger charge is -2.32. The van der Waals surface area contributed by atoms with Gasteiger partial charge >= 0.3 is 0 Å². The summed E-state index contributed by atoms with van der Waals surface area (Å²) in [6, 6.07) is 7.49. The number of benzene rings is 1. The number of thioether (sulfide) groups is 1. The van der Waals surface area contributed by atoms with E-state index in [1.54, 1.807) is 0 Å². The van der Waals surface area contributed by atoms with E-state index in [2.05, 4.69) is 15.7 Å². The molecule has 3 rings (SSSR count). The highest BCUT2D eigenvalue weighted by Crippen LogP contribution is 2.29. The zero-order valence-corrected chi connectivity index (χ0v) is 14.9. The van der Waals surface area contributed by atoms with Crippen molar-refractivity contribution in [1.29, 1.82) is 0 Å². The Kier molecular flexibility index (Phi) is 4.54.